The van der Waals surface area contributed by atoms with Gasteiger partial charge in [-0.2, -0.15) is 0 Å². The Morgan fingerprint density at radius 2 is 2.14 bits per heavy atom. The van der Waals surface area contributed by atoms with E-state index < -0.39 is 0 Å². The molecule has 0 N–H and O–H groups in total. The minimum atomic E-state index is -0.320. The van der Waals surface area contributed by atoms with Crippen molar-refractivity contribution >= 4 is 5.91 Å². The lowest BCUT2D eigenvalue weighted by molar-refractivity contribution is -0.139. The molecule has 3 aromatic rings. The summed E-state index contributed by atoms with van der Waals surface area (Å²) in [5.41, 5.74) is 2.09. The maximum Gasteiger partial charge on any atom is 0.224 e. The molecule has 28 heavy (non-hydrogen) atoms. The molecule has 0 unspecified atom stereocenters. The molecule has 1 amide bonds. The minimum Gasteiger partial charge on any atom is -0.368 e. The highest BCUT2D eigenvalue weighted by Gasteiger charge is 2.26. The highest BCUT2D eigenvalue weighted by atomic mass is 19.1. The molecule has 1 aliphatic heterocycles. The lowest BCUT2D eigenvalue weighted by Gasteiger charge is -2.33. The van der Waals surface area contributed by atoms with E-state index in [0.717, 1.165) is 5.69 Å². The Kier molecular flexibility index (Phi) is 5.34. The third-order valence-electron chi connectivity index (χ3n) is 4.59. The fourth-order valence-corrected chi connectivity index (χ4v) is 3.15. The Bertz CT molecular complexity index is 949. The summed E-state index contributed by atoms with van der Waals surface area (Å²) >= 11 is 0. The predicted molar refractivity (Wildman–Crippen MR) is 97.3 cm³/mol. The van der Waals surface area contributed by atoms with E-state index in [1.165, 1.54) is 23.1 Å². The van der Waals surface area contributed by atoms with Gasteiger partial charge in [0.25, 0.3) is 0 Å². The number of tetrazole rings is 1. The summed E-state index contributed by atoms with van der Waals surface area (Å²) in [6, 6.07) is 11.9. The molecule has 0 bridgehead atoms. The van der Waals surface area contributed by atoms with Crippen molar-refractivity contribution in [3.8, 4) is 11.3 Å². The third kappa shape index (κ3) is 4.20. The van der Waals surface area contributed by atoms with Crippen LogP contribution in [0, 0.1) is 5.82 Å². The van der Waals surface area contributed by atoms with Gasteiger partial charge in [0.1, 0.15) is 18.2 Å². The lowest BCUT2D eigenvalue weighted by Crippen LogP contribution is -2.42. The minimum absolute atomic E-state index is 0.0186. The number of hydrogen-bond acceptors (Lipinski definition) is 6. The van der Waals surface area contributed by atoms with Gasteiger partial charge in [0.15, 0.2) is 0 Å². The Labute approximate surface area is 160 Å². The zero-order valence-corrected chi connectivity index (χ0v) is 15.1. The van der Waals surface area contributed by atoms with E-state index in [-0.39, 0.29) is 17.8 Å². The number of amides is 1. The van der Waals surface area contributed by atoms with Crippen LogP contribution in [0.4, 0.5) is 4.39 Å². The molecule has 2 aromatic heterocycles. The van der Waals surface area contributed by atoms with Crippen molar-refractivity contribution < 1.29 is 13.9 Å². The summed E-state index contributed by atoms with van der Waals surface area (Å²) in [5.74, 6) is -0.289. The SMILES string of the molecule is O=C(CCn1cnnn1)N1CCO[C@@H](c2cccc(-c3cccc(F)c3)n2)C1. The molecule has 0 saturated carbocycles. The molecule has 1 saturated heterocycles. The molecule has 0 spiro atoms. The molecule has 4 rings (SSSR count). The number of carbonyl (C=O) groups is 1. The molecule has 8 nitrogen and oxygen atoms in total. The maximum absolute atomic E-state index is 13.5. The van der Waals surface area contributed by atoms with Crippen LogP contribution in [0.5, 0.6) is 0 Å². The van der Waals surface area contributed by atoms with Crippen molar-refractivity contribution in [2.24, 2.45) is 0 Å². The molecular formula is C19H19FN6O2. The molecular weight excluding hydrogens is 363 g/mol. The summed E-state index contributed by atoms with van der Waals surface area (Å²) in [5, 5.41) is 10.9. The number of morpholine rings is 1. The average Bonchev–Trinajstić information content (AvgIpc) is 3.26. The van der Waals surface area contributed by atoms with Gasteiger partial charge in [-0.15, -0.1) is 5.10 Å². The van der Waals surface area contributed by atoms with E-state index in [4.69, 9.17) is 4.74 Å². The van der Waals surface area contributed by atoms with Crippen LogP contribution in [0.2, 0.25) is 0 Å². The van der Waals surface area contributed by atoms with Crippen molar-refractivity contribution in [3.63, 3.8) is 0 Å². The first-order chi connectivity index (χ1) is 13.7. The first kappa shape index (κ1) is 18.2. The number of nitrogens with zero attached hydrogens (tertiary/aromatic N) is 6. The Balaban J connectivity index is 1.44. The quantitative estimate of drug-likeness (QED) is 0.670. The zero-order chi connectivity index (χ0) is 19.3. The van der Waals surface area contributed by atoms with E-state index in [2.05, 4.69) is 20.5 Å². The van der Waals surface area contributed by atoms with Crippen LogP contribution in [0.25, 0.3) is 11.3 Å². The van der Waals surface area contributed by atoms with E-state index in [1.807, 2.05) is 24.3 Å². The average molecular weight is 382 g/mol. The zero-order valence-electron chi connectivity index (χ0n) is 15.1. The van der Waals surface area contributed by atoms with E-state index >= 15 is 0 Å². The van der Waals surface area contributed by atoms with Gasteiger partial charge in [0.05, 0.1) is 31.1 Å². The van der Waals surface area contributed by atoms with Gasteiger partial charge in [-0.3, -0.25) is 4.79 Å². The standard InChI is InChI=1S/C19H19FN6O2/c20-15-4-1-3-14(11-15)16-5-2-6-17(22-16)18-12-25(9-10-28-18)19(27)7-8-26-13-21-23-24-26/h1-6,11,13,18H,7-10,12H2/t18-/m1/s1. The number of ether oxygens (including phenoxy) is 1. The third-order valence-corrected chi connectivity index (χ3v) is 4.59. The molecule has 9 heteroatoms. The van der Waals surface area contributed by atoms with Crippen molar-refractivity contribution in [2.75, 3.05) is 19.7 Å². The first-order valence-corrected chi connectivity index (χ1v) is 9.02. The summed E-state index contributed by atoms with van der Waals surface area (Å²) in [7, 11) is 0. The maximum atomic E-state index is 13.5. The summed E-state index contributed by atoms with van der Waals surface area (Å²) in [4.78, 5) is 18.9. The fourth-order valence-electron chi connectivity index (χ4n) is 3.15. The first-order valence-electron chi connectivity index (χ1n) is 9.02. The van der Waals surface area contributed by atoms with Gasteiger partial charge in [-0.05, 0) is 34.7 Å². The smallest absolute Gasteiger partial charge is 0.224 e. The highest BCUT2D eigenvalue weighted by molar-refractivity contribution is 5.76. The van der Waals surface area contributed by atoms with Crippen molar-refractivity contribution in [2.45, 2.75) is 19.1 Å². The Morgan fingerprint density at radius 3 is 2.96 bits per heavy atom. The van der Waals surface area contributed by atoms with Gasteiger partial charge in [-0.25, -0.2) is 14.1 Å². The van der Waals surface area contributed by atoms with Crippen molar-refractivity contribution in [1.29, 1.82) is 0 Å². The number of aromatic nitrogens is 5. The Hall–Kier alpha value is -3.20. The summed E-state index contributed by atoms with van der Waals surface area (Å²) < 4.78 is 20.9. The highest BCUT2D eigenvalue weighted by Crippen LogP contribution is 2.25. The number of benzene rings is 1. The van der Waals surface area contributed by atoms with Crippen molar-refractivity contribution in [3.05, 3.63) is 60.3 Å². The van der Waals surface area contributed by atoms with Crippen LogP contribution in [0.3, 0.4) is 0 Å². The van der Waals surface area contributed by atoms with Crippen LogP contribution in [0.15, 0.2) is 48.8 Å². The second-order valence-corrected chi connectivity index (χ2v) is 6.48. The summed E-state index contributed by atoms with van der Waals surface area (Å²) in [6.07, 6.45) is 1.48. The van der Waals surface area contributed by atoms with Gasteiger partial charge < -0.3 is 9.64 Å². The van der Waals surface area contributed by atoms with Crippen molar-refractivity contribution in [1.82, 2.24) is 30.1 Å². The number of carbonyl (C=O) groups excluding carboxylic acids is 1. The Morgan fingerprint density at radius 1 is 1.25 bits per heavy atom. The molecule has 1 aliphatic rings. The van der Waals surface area contributed by atoms with Gasteiger partial charge in [0.2, 0.25) is 5.91 Å². The molecule has 144 valence electrons. The number of pyridine rings is 1. The molecule has 1 atom stereocenters. The van der Waals surface area contributed by atoms with Gasteiger partial charge in [0, 0.05) is 18.5 Å². The van der Waals surface area contributed by atoms with E-state index in [1.54, 1.807) is 11.0 Å². The van der Waals surface area contributed by atoms with Crippen LogP contribution < -0.4 is 0 Å². The number of hydrogen-bond donors (Lipinski definition) is 0. The second-order valence-electron chi connectivity index (χ2n) is 6.48. The fraction of sp³-hybridized carbons (Fsp3) is 0.316. The molecule has 1 aromatic carbocycles. The number of aryl methyl sites for hydroxylation is 1. The predicted octanol–water partition coefficient (Wildman–Crippen LogP) is 1.86. The monoisotopic (exact) mass is 382 g/mol. The van der Waals surface area contributed by atoms with Crippen LogP contribution >= 0.6 is 0 Å². The normalized spacial score (nSPS) is 16.9. The van der Waals surface area contributed by atoms with Crippen LogP contribution in [0.1, 0.15) is 18.2 Å². The molecule has 3 heterocycles. The number of rotatable bonds is 5. The van der Waals surface area contributed by atoms with Gasteiger partial charge >= 0.3 is 0 Å². The second kappa shape index (κ2) is 8.22. The topological polar surface area (TPSA) is 86.0 Å². The largest absolute Gasteiger partial charge is 0.368 e. The molecule has 0 aliphatic carbocycles. The summed E-state index contributed by atoms with van der Waals surface area (Å²) in [6.45, 7) is 1.83. The van der Waals surface area contributed by atoms with E-state index in [0.29, 0.717) is 43.9 Å². The van der Waals surface area contributed by atoms with E-state index in [9.17, 15) is 9.18 Å². The van der Waals surface area contributed by atoms with Crippen LogP contribution in [-0.4, -0.2) is 55.7 Å². The van der Waals surface area contributed by atoms with Gasteiger partial charge in [-0.1, -0.05) is 18.2 Å². The molecule has 1 fully saturated rings. The molecule has 0 radical (unpaired) electrons. The lowest BCUT2D eigenvalue weighted by atomic mass is 10.1. The number of halogens is 1. The van der Waals surface area contributed by atoms with Crippen LogP contribution in [-0.2, 0) is 16.1 Å².